The number of fused-ring (bicyclic) bond motifs is 1. The largest absolute Gasteiger partial charge is 0.373 e. The molecular formula is C12H10N4O2S. The maximum absolute atomic E-state index is 11.1. The van der Waals surface area contributed by atoms with Crippen LogP contribution in [0.1, 0.15) is 5.56 Å². The molecule has 1 N–H and O–H groups in total. The number of hydrogen-bond acceptors (Lipinski definition) is 5. The van der Waals surface area contributed by atoms with Crippen molar-refractivity contribution in [2.75, 3.05) is 5.32 Å². The fourth-order valence-electron chi connectivity index (χ4n) is 1.81. The van der Waals surface area contributed by atoms with Gasteiger partial charge < -0.3 is 15.4 Å². The highest BCUT2D eigenvalue weighted by Crippen LogP contribution is 2.30. The molecule has 7 heteroatoms. The maximum Gasteiger partial charge on any atom is 0.373 e. The minimum absolute atomic E-state index is 0.0446. The molecule has 0 bridgehead atoms. The van der Waals surface area contributed by atoms with Crippen LogP contribution in [-0.2, 0) is 0 Å². The lowest BCUT2D eigenvalue weighted by molar-refractivity contribution is -0.389. The molecule has 3 aromatic rings. The summed E-state index contributed by atoms with van der Waals surface area (Å²) in [5, 5.41) is 15.9. The van der Waals surface area contributed by atoms with E-state index in [9.17, 15) is 10.1 Å². The van der Waals surface area contributed by atoms with Crippen LogP contribution in [0.5, 0.6) is 0 Å². The molecule has 0 saturated heterocycles. The van der Waals surface area contributed by atoms with E-state index < -0.39 is 4.92 Å². The summed E-state index contributed by atoms with van der Waals surface area (Å²) in [6.07, 6.45) is 1.64. The van der Waals surface area contributed by atoms with Gasteiger partial charge in [-0.1, -0.05) is 29.0 Å². The minimum atomic E-state index is -0.427. The van der Waals surface area contributed by atoms with Crippen molar-refractivity contribution in [3.05, 3.63) is 51.5 Å². The van der Waals surface area contributed by atoms with Crippen LogP contribution < -0.4 is 5.32 Å². The molecule has 0 atom stereocenters. The van der Waals surface area contributed by atoms with Crippen molar-refractivity contribution >= 4 is 33.6 Å². The number of nitrogens with one attached hydrogen (secondary N) is 1. The molecule has 0 saturated carbocycles. The van der Waals surface area contributed by atoms with Crippen LogP contribution in [0, 0.1) is 17.0 Å². The molecule has 2 aromatic heterocycles. The Kier molecular flexibility index (Phi) is 2.68. The zero-order chi connectivity index (χ0) is 13.4. The quantitative estimate of drug-likeness (QED) is 0.587. The summed E-state index contributed by atoms with van der Waals surface area (Å²) in [5.74, 6) is 0.220. The third kappa shape index (κ3) is 2.04. The number of nitrogens with zero attached hydrogens (tertiary/aromatic N) is 3. The van der Waals surface area contributed by atoms with Crippen LogP contribution in [0.3, 0.4) is 0 Å². The number of aryl methyl sites for hydroxylation is 1. The Labute approximate surface area is 112 Å². The van der Waals surface area contributed by atoms with Gasteiger partial charge in [-0.25, -0.2) is 0 Å². The van der Waals surface area contributed by atoms with Crippen molar-refractivity contribution in [1.82, 2.24) is 9.38 Å². The molecular weight excluding hydrogens is 264 g/mol. The summed E-state index contributed by atoms with van der Waals surface area (Å²) in [5.41, 5.74) is 1.91. The van der Waals surface area contributed by atoms with Crippen LogP contribution >= 0.6 is 11.3 Å². The van der Waals surface area contributed by atoms with Gasteiger partial charge in [0.1, 0.15) is 6.20 Å². The first-order valence-corrected chi connectivity index (χ1v) is 6.47. The van der Waals surface area contributed by atoms with Crippen molar-refractivity contribution in [2.24, 2.45) is 0 Å². The van der Waals surface area contributed by atoms with E-state index in [-0.39, 0.29) is 11.6 Å². The first-order valence-electron chi connectivity index (χ1n) is 5.59. The van der Waals surface area contributed by atoms with Crippen molar-refractivity contribution in [3.8, 4) is 0 Å². The second-order valence-corrected chi connectivity index (χ2v) is 4.96. The smallest absolute Gasteiger partial charge is 0.358 e. The predicted molar refractivity (Wildman–Crippen MR) is 74.2 cm³/mol. The summed E-state index contributed by atoms with van der Waals surface area (Å²) < 4.78 is 1.47. The summed E-state index contributed by atoms with van der Waals surface area (Å²) in [4.78, 5) is 15.6. The highest BCUT2D eigenvalue weighted by Gasteiger charge is 2.23. The van der Waals surface area contributed by atoms with Gasteiger partial charge in [-0.05, 0) is 24.0 Å². The maximum atomic E-state index is 11.1. The summed E-state index contributed by atoms with van der Waals surface area (Å²) >= 11 is 1.36. The van der Waals surface area contributed by atoms with Gasteiger partial charge in [0, 0.05) is 11.1 Å². The Morgan fingerprint density at radius 3 is 2.79 bits per heavy atom. The number of nitro groups is 1. The van der Waals surface area contributed by atoms with Gasteiger partial charge >= 0.3 is 5.82 Å². The molecule has 0 fully saturated rings. The van der Waals surface area contributed by atoms with E-state index in [4.69, 9.17) is 0 Å². The zero-order valence-electron chi connectivity index (χ0n) is 10.0. The molecule has 0 radical (unpaired) electrons. The topological polar surface area (TPSA) is 72.5 Å². The molecule has 96 valence electrons. The van der Waals surface area contributed by atoms with Gasteiger partial charge in [0.05, 0.1) is 0 Å². The van der Waals surface area contributed by atoms with E-state index in [1.165, 1.54) is 15.7 Å². The molecule has 0 aliphatic heterocycles. The second kappa shape index (κ2) is 4.36. The van der Waals surface area contributed by atoms with E-state index in [0.717, 1.165) is 11.3 Å². The number of hydrogen-bond donors (Lipinski definition) is 1. The van der Waals surface area contributed by atoms with Crippen LogP contribution in [0.15, 0.2) is 35.8 Å². The van der Waals surface area contributed by atoms with Crippen LogP contribution in [0.4, 0.5) is 17.3 Å². The van der Waals surface area contributed by atoms with Crippen molar-refractivity contribution in [3.63, 3.8) is 0 Å². The standard InChI is InChI=1S/C12H10N4O2S/c1-8-2-4-9(5-3-8)13-10-11(16(17)18)15-6-7-19-12(15)14-10/h2-7,13H,1H3. The molecule has 1 aromatic carbocycles. The lowest BCUT2D eigenvalue weighted by atomic mass is 10.2. The molecule has 0 amide bonds. The van der Waals surface area contributed by atoms with E-state index in [0.29, 0.717) is 4.96 Å². The Hall–Kier alpha value is -2.41. The zero-order valence-corrected chi connectivity index (χ0v) is 10.8. The predicted octanol–water partition coefficient (Wildman–Crippen LogP) is 3.36. The van der Waals surface area contributed by atoms with Gasteiger partial charge in [-0.2, -0.15) is 9.38 Å². The van der Waals surface area contributed by atoms with Gasteiger partial charge in [0.15, 0.2) is 0 Å². The monoisotopic (exact) mass is 274 g/mol. The van der Waals surface area contributed by atoms with Crippen LogP contribution in [0.2, 0.25) is 0 Å². The summed E-state index contributed by atoms with van der Waals surface area (Å²) in [6.45, 7) is 1.98. The van der Waals surface area contributed by atoms with Gasteiger partial charge in [0.2, 0.25) is 5.82 Å². The second-order valence-electron chi connectivity index (χ2n) is 4.09. The number of imidazole rings is 1. The first-order chi connectivity index (χ1) is 9.15. The number of anilines is 2. The summed E-state index contributed by atoms with van der Waals surface area (Å²) in [6, 6.07) is 7.61. The lowest BCUT2D eigenvalue weighted by Crippen LogP contribution is -1.98. The molecule has 0 aliphatic rings. The van der Waals surface area contributed by atoms with Crippen molar-refractivity contribution < 1.29 is 4.92 Å². The Bertz CT molecular complexity index is 745. The van der Waals surface area contributed by atoms with Crippen molar-refractivity contribution in [1.29, 1.82) is 0 Å². The Morgan fingerprint density at radius 2 is 2.11 bits per heavy atom. The molecule has 0 unspecified atom stereocenters. The average Bonchev–Trinajstić information content (AvgIpc) is 2.91. The number of rotatable bonds is 3. The fraction of sp³-hybridized carbons (Fsp3) is 0.0833. The number of aromatic nitrogens is 2. The van der Waals surface area contributed by atoms with E-state index in [1.807, 2.05) is 31.2 Å². The van der Waals surface area contributed by atoms with Gasteiger partial charge in [0.25, 0.3) is 4.96 Å². The normalized spacial score (nSPS) is 10.8. The Balaban J connectivity index is 2.04. The summed E-state index contributed by atoms with van der Waals surface area (Å²) in [7, 11) is 0. The molecule has 6 nitrogen and oxygen atoms in total. The molecule has 2 heterocycles. The third-order valence-electron chi connectivity index (χ3n) is 2.72. The van der Waals surface area contributed by atoms with Gasteiger partial charge in [-0.3, -0.25) is 0 Å². The molecule has 19 heavy (non-hydrogen) atoms. The fourth-order valence-corrected chi connectivity index (χ4v) is 2.51. The third-order valence-corrected chi connectivity index (χ3v) is 3.48. The molecule has 0 aliphatic carbocycles. The van der Waals surface area contributed by atoms with Crippen LogP contribution in [-0.4, -0.2) is 14.3 Å². The van der Waals surface area contributed by atoms with E-state index in [1.54, 1.807) is 11.6 Å². The number of thiazole rings is 1. The average molecular weight is 274 g/mol. The SMILES string of the molecule is Cc1ccc(Nc2nc3sccn3c2[N+](=O)[O-])cc1. The van der Waals surface area contributed by atoms with Crippen LogP contribution in [0.25, 0.3) is 4.96 Å². The van der Waals surface area contributed by atoms with E-state index >= 15 is 0 Å². The molecule has 0 spiro atoms. The van der Waals surface area contributed by atoms with Gasteiger partial charge in [-0.15, -0.1) is 0 Å². The molecule has 3 rings (SSSR count). The van der Waals surface area contributed by atoms with Crippen molar-refractivity contribution in [2.45, 2.75) is 6.92 Å². The Morgan fingerprint density at radius 1 is 1.37 bits per heavy atom. The lowest BCUT2D eigenvalue weighted by Gasteiger charge is -2.03. The first kappa shape index (κ1) is 11.7. The highest BCUT2D eigenvalue weighted by atomic mass is 32.1. The van der Waals surface area contributed by atoms with E-state index in [2.05, 4.69) is 10.3 Å². The highest BCUT2D eigenvalue weighted by molar-refractivity contribution is 7.15. The minimum Gasteiger partial charge on any atom is -0.358 e. The number of benzene rings is 1.